The molecule has 0 saturated carbocycles. The van der Waals surface area contributed by atoms with E-state index in [1.54, 1.807) is 0 Å². The number of nitrogens with one attached hydrogen (secondary N) is 1. The summed E-state index contributed by atoms with van der Waals surface area (Å²) in [6.07, 6.45) is 5.03. The summed E-state index contributed by atoms with van der Waals surface area (Å²) >= 11 is 6.05. The van der Waals surface area contributed by atoms with Gasteiger partial charge in [0, 0.05) is 23.7 Å². The van der Waals surface area contributed by atoms with Crippen LogP contribution >= 0.6 is 11.6 Å². The number of hydrogen-bond donors (Lipinski definition) is 1. The van der Waals surface area contributed by atoms with E-state index < -0.39 is 0 Å². The van der Waals surface area contributed by atoms with Crippen molar-refractivity contribution in [3.05, 3.63) is 34.9 Å². The van der Waals surface area contributed by atoms with Crippen molar-refractivity contribution in [1.29, 1.82) is 0 Å². The van der Waals surface area contributed by atoms with Gasteiger partial charge in [0.1, 0.15) is 0 Å². The quantitative estimate of drug-likeness (QED) is 0.867. The minimum absolute atomic E-state index is 0.337. The molecular weight excluding hydrogens is 258 g/mol. The van der Waals surface area contributed by atoms with E-state index in [0.29, 0.717) is 18.2 Å². The molecule has 0 aliphatic carbocycles. The van der Waals surface area contributed by atoms with E-state index in [-0.39, 0.29) is 0 Å². The van der Waals surface area contributed by atoms with E-state index >= 15 is 0 Å². The van der Waals surface area contributed by atoms with Crippen LogP contribution in [0.2, 0.25) is 5.02 Å². The number of halogens is 1. The van der Waals surface area contributed by atoms with Crippen molar-refractivity contribution in [1.82, 2.24) is 5.32 Å². The predicted molar refractivity (Wildman–Crippen MR) is 80.7 cm³/mol. The molecule has 0 amide bonds. The first-order chi connectivity index (χ1) is 9.19. The smallest absolute Gasteiger partial charge is 0.0589 e. The van der Waals surface area contributed by atoms with Crippen LogP contribution < -0.4 is 5.32 Å². The second-order valence-electron chi connectivity index (χ2n) is 5.45. The molecule has 3 heteroatoms. The third-order valence-electron chi connectivity index (χ3n) is 3.81. The first-order valence-corrected chi connectivity index (χ1v) is 7.70. The van der Waals surface area contributed by atoms with E-state index in [1.165, 1.54) is 18.4 Å². The van der Waals surface area contributed by atoms with Gasteiger partial charge in [0.05, 0.1) is 6.10 Å². The van der Waals surface area contributed by atoms with Crippen LogP contribution in [0.3, 0.4) is 0 Å². The summed E-state index contributed by atoms with van der Waals surface area (Å²) in [6, 6.07) is 9.00. The summed E-state index contributed by atoms with van der Waals surface area (Å²) in [5.41, 5.74) is 1.26. The van der Waals surface area contributed by atoms with Gasteiger partial charge in [-0.25, -0.2) is 0 Å². The van der Waals surface area contributed by atoms with Crippen LogP contribution in [-0.4, -0.2) is 18.8 Å². The summed E-state index contributed by atoms with van der Waals surface area (Å²) in [7, 11) is 0. The van der Waals surface area contributed by atoms with Gasteiger partial charge >= 0.3 is 0 Å². The molecule has 0 spiro atoms. The summed E-state index contributed by atoms with van der Waals surface area (Å²) < 4.78 is 5.79. The lowest BCUT2D eigenvalue weighted by Crippen LogP contribution is -2.40. The van der Waals surface area contributed by atoms with E-state index in [2.05, 4.69) is 25.2 Å². The van der Waals surface area contributed by atoms with Crippen LogP contribution in [0, 0.1) is 0 Å². The Morgan fingerprint density at radius 2 is 2.32 bits per heavy atom. The minimum Gasteiger partial charge on any atom is -0.378 e. The van der Waals surface area contributed by atoms with Crippen molar-refractivity contribution >= 4 is 11.6 Å². The van der Waals surface area contributed by atoms with Crippen molar-refractivity contribution in [3.8, 4) is 0 Å². The monoisotopic (exact) mass is 281 g/mol. The molecule has 0 bridgehead atoms. The molecular formula is C16H24ClNO. The van der Waals surface area contributed by atoms with Crippen molar-refractivity contribution in [3.63, 3.8) is 0 Å². The maximum Gasteiger partial charge on any atom is 0.0589 e. The maximum absolute atomic E-state index is 6.05. The third kappa shape index (κ3) is 4.48. The minimum atomic E-state index is 0.337. The fraction of sp³-hybridized carbons (Fsp3) is 0.625. The van der Waals surface area contributed by atoms with Crippen LogP contribution in [-0.2, 0) is 4.74 Å². The SMILES string of the molecule is CCCC1CC(N[C@H](C)c2cccc(Cl)c2)CCO1. The van der Waals surface area contributed by atoms with E-state index in [0.717, 1.165) is 24.5 Å². The van der Waals surface area contributed by atoms with Gasteiger partial charge in [-0.3, -0.25) is 0 Å². The second kappa shape index (κ2) is 7.28. The van der Waals surface area contributed by atoms with Crippen LogP contribution in [0.5, 0.6) is 0 Å². The molecule has 3 atom stereocenters. The normalized spacial score (nSPS) is 25.2. The molecule has 1 N–H and O–H groups in total. The van der Waals surface area contributed by atoms with Crippen LogP contribution in [0.25, 0.3) is 0 Å². The Kier molecular flexibility index (Phi) is 5.68. The topological polar surface area (TPSA) is 21.3 Å². The average molecular weight is 282 g/mol. The zero-order chi connectivity index (χ0) is 13.7. The molecule has 1 aromatic carbocycles. The van der Waals surface area contributed by atoms with Gasteiger partial charge in [-0.15, -0.1) is 0 Å². The molecule has 106 valence electrons. The molecule has 2 unspecified atom stereocenters. The van der Waals surface area contributed by atoms with Crippen molar-refractivity contribution in [2.24, 2.45) is 0 Å². The van der Waals surface area contributed by atoms with E-state index in [9.17, 15) is 0 Å². The highest BCUT2D eigenvalue weighted by molar-refractivity contribution is 6.30. The zero-order valence-corrected chi connectivity index (χ0v) is 12.6. The van der Waals surface area contributed by atoms with Gasteiger partial charge in [-0.05, 0) is 43.9 Å². The van der Waals surface area contributed by atoms with Gasteiger partial charge in [0.2, 0.25) is 0 Å². The Hall–Kier alpha value is -0.570. The van der Waals surface area contributed by atoms with Gasteiger partial charge in [-0.2, -0.15) is 0 Å². The summed E-state index contributed by atoms with van der Waals surface area (Å²) in [6.45, 7) is 5.30. The number of hydrogen-bond acceptors (Lipinski definition) is 2. The summed E-state index contributed by atoms with van der Waals surface area (Å²) in [5.74, 6) is 0. The fourth-order valence-corrected chi connectivity index (χ4v) is 2.98. The molecule has 0 radical (unpaired) electrons. The standard InChI is InChI=1S/C16H24ClNO/c1-3-5-16-11-15(8-9-19-16)18-12(2)13-6-4-7-14(17)10-13/h4,6-7,10,12,15-16,18H,3,5,8-9,11H2,1-2H3/t12-,15?,16?/m1/s1. The Bertz CT molecular complexity index is 394. The van der Waals surface area contributed by atoms with Gasteiger partial charge < -0.3 is 10.1 Å². The first-order valence-electron chi connectivity index (χ1n) is 7.32. The Labute approximate surface area is 121 Å². The van der Waals surface area contributed by atoms with Crippen LogP contribution in [0.4, 0.5) is 0 Å². The fourth-order valence-electron chi connectivity index (χ4n) is 2.78. The number of ether oxygens (including phenoxy) is 1. The molecule has 1 aliphatic heterocycles. The lowest BCUT2D eigenvalue weighted by Gasteiger charge is -2.32. The Morgan fingerprint density at radius 1 is 1.47 bits per heavy atom. The highest BCUT2D eigenvalue weighted by Gasteiger charge is 2.23. The average Bonchev–Trinajstić information content (AvgIpc) is 2.39. The zero-order valence-electron chi connectivity index (χ0n) is 11.9. The third-order valence-corrected chi connectivity index (χ3v) is 4.05. The van der Waals surface area contributed by atoms with Crippen LogP contribution in [0.1, 0.15) is 51.1 Å². The molecule has 0 aromatic heterocycles. The molecule has 1 aliphatic rings. The van der Waals surface area contributed by atoms with E-state index in [4.69, 9.17) is 16.3 Å². The van der Waals surface area contributed by atoms with Crippen LogP contribution in [0.15, 0.2) is 24.3 Å². The van der Waals surface area contributed by atoms with Gasteiger partial charge in [-0.1, -0.05) is 37.1 Å². The predicted octanol–water partition coefficient (Wildman–Crippen LogP) is 4.34. The van der Waals surface area contributed by atoms with Gasteiger partial charge in [0.15, 0.2) is 0 Å². The molecule has 1 fully saturated rings. The lowest BCUT2D eigenvalue weighted by molar-refractivity contribution is -0.00472. The first kappa shape index (κ1) is 14.8. The summed E-state index contributed by atoms with van der Waals surface area (Å²) in [4.78, 5) is 0. The molecule has 1 heterocycles. The lowest BCUT2D eigenvalue weighted by atomic mass is 9.98. The Morgan fingerprint density at radius 3 is 3.05 bits per heavy atom. The molecule has 1 saturated heterocycles. The summed E-state index contributed by atoms with van der Waals surface area (Å²) in [5, 5.41) is 4.52. The molecule has 1 aromatic rings. The second-order valence-corrected chi connectivity index (χ2v) is 5.88. The Balaban J connectivity index is 1.89. The van der Waals surface area contributed by atoms with Crippen molar-refractivity contribution < 1.29 is 4.74 Å². The molecule has 2 nitrogen and oxygen atoms in total. The van der Waals surface area contributed by atoms with Crippen molar-refractivity contribution in [2.75, 3.05) is 6.61 Å². The molecule has 2 rings (SSSR count). The largest absolute Gasteiger partial charge is 0.378 e. The maximum atomic E-state index is 6.05. The molecule has 19 heavy (non-hydrogen) atoms. The highest BCUT2D eigenvalue weighted by Crippen LogP contribution is 2.22. The van der Waals surface area contributed by atoms with E-state index in [1.807, 2.05) is 18.2 Å². The number of benzene rings is 1. The number of rotatable bonds is 5. The van der Waals surface area contributed by atoms with Crippen molar-refractivity contribution in [2.45, 2.75) is 57.7 Å². The highest BCUT2D eigenvalue weighted by atomic mass is 35.5. The van der Waals surface area contributed by atoms with Gasteiger partial charge in [0.25, 0.3) is 0 Å².